The normalized spacial score (nSPS) is 12.6. The summed E-state index contributed by atoms with van der Waals surface area (Å²) in [4.78, 5) is 22.6. The fourth-order valence-electron chi connectivity index (χ4n) is 1.81. The highest BCUT2D eigenvalue weighted by molar-refractivity contribution is 5.68. The number of hydrogen-bond donors (Lipinski definition) is 1. The van der Waals surface area contributed by atoms with Gasteiger partial charge in [-0.25, -0.2) is 4.79 Å². The molecule has 23 heavy (non-hydrogen) atoms. The van der Waals surface area contributed by atoms with Crippen molar-refractivity contribution in [3.05, 3.63) is 29.8 Å². The van der Waals surface area contributed by atoms with Crippen LogP contribution >= 0.6 is 0 Å². The largest absolute Gasteiger partial charge is 0.444 e. The van der Waals surface area contributed by atoms with Crippen LogP contribution in [0.4, 0.5) is 13.6 Å². The third-order valence-electron chi connectivity index (χ3n) is 2.75. The van der Waals surface area contributed by atoms with Crippen LogP contribution in [0.15, 0.2) is 24.3 Å². The van der Waals surface area contributed by atoms with Crippen LogP contribution in [0.25, 0.3) is 0 Å². The van der Waals surface area contributed by atoms with Crippen molar-refractivity contribution >= 4 is 12.4 Å². The molecule has 0 fully saturated rings. The first-order chi connectivity index (χ1) is 10.7. The maximum Gasteiger partial charge on any atom is 0.407 e. The molecule has 1 amide bonds. The zero-order valence-corrected chi connectivity index (χ0v) is 13.3. The van der Waals surface area contributed by atoms with Gasteiger partial charge in [-0.3, -0.25) is 0 Å². The molecule has 1 atom stereocenters. The van der Waals surface area contributed by atoms with E-state index in [4.69, 9.17) is 4.74 Å². The van der Waals surface area contributed by atoms with E-state index >= 15 is 0 Å². The summed E-state index contributed by atoms with van der Waals surface area (Å²) in [5.41, 5.74) is 0.163. The predicted molar refractivity (Wildman–Crippen MR) is 80.6 cm³/mol. The quantitative estimate of drug-likeness (QED) is 0.781. The van der Waals surface area contributed by atoms with Gasteiger partial charge in [0.05, 0.1) is 0 Å². The SMILES string of the molecule is CC(C)(C)OC(=O)NC[C@@H](C=O)Cc1ccc(OC(F)F)cc1. The van der Waals surface area contributed by atoms with E-state index in [1.54, 1.807) is 32.9 Å². The molecule has 0 bridgehead atoms. The summed E-state index contributed by atoms with van der Waals surface area (Å²) in [6, 6.07) is 6.01. The molecule has 0 spiro atoms. The van der Waals surface area contributed by atoms with Gasteiger partial charge in [-0.2, -0.15) is 8.78 Å². The van der Waals surface area contributed by atoms with Crippen molar-refractivity contribution in [2.45, 2.75) is 39.4 Å². The van der Waals surface area contributed by atoms with Crippen molar-refractivity contribution < 1.29 is 27.8 Å². The summed E-state index contributed by atoms with van der Waals surface area (Å²) in [6.45, 7) is 2.49. The number of carbonyl (C=O) groups excluding carboxylic acids is 2. The molecule has 1 N–H and O–H groups in total. The number of benzene rings is 1. The molecule has 0 heterocycles. The van der Waals surface area contributed by atoms with Gasteiger partial charge in [-0.15, -0.1) is 0 Å². The topological polar surface area (TPSA) is 64.6 Å². The minimum atomic E-state index is -2.87. The fraction of sp³-hybridized carbons (Fsp3) is 0.500. The van der Waals surface area contributed by atoms with Crippen LogP contribution in [-0.2, 0) is 16.0 Å². The van der Waals surface area contributed by atoms with Crippen molar-refractivity contribution in [1.82, 2.24) is 5.32 Å². The molecule has 1 rings (SSSR count). The summed E-state index contributed by atoms with van der Waals surface area (Å²) in [7, 11) is 0. The zero-order chi connectivity index (χ0) is 17.5. The molecule has 0 aliphatic heterocycles. The van der Waals surface area contributed by atoms with E-state index < -0.39 is 24.2 Å². The highest BCUT2D eigenvalue weighted by Gasteiger charge is 2.17. The number of alkyl carbamates (subject to hydrolysis) is 1. The van der Waals surface area contributed by atoms with E-state index in [1.807, 2.05) is 0 Å². The summed E-state index contributed by atoms with van der Waals surface area (Å²) in [6.07, 6.45) is 0.514. The Labute approximate surface area is 134 Å². The summed E-state index contributed by atoms with van der Waals surface area (Å²) >= 11 is 0. The number of aldehydes is 1. The summed E-state index contributed by atoms with van der Waals surface area (Å²) in [5.74, 6) is -0.386. The second-order valence-electron chi connectivity index (χ2n) is 6.01. The smallest absolute Gasteiger partial charge is 0.407 e. The van der Waals surface area contributed by atoms with Crippen LogP contribution in [0.2, 0.25) is 0 Å². The van der Waals surface area contributed by atoms with E-state index in [1.165, 1.54) is 12.1 Å². The van der Waals surface area contributed by atoms with E-state index in [-0.39, 0.29) is 12.3 Å². The number of alkyl halides is 2. The lowest BCUT2D eigenvalue weighted by Crippen LogP contribution is -2.36. The lowest BCUT2D eigenvalue weighted by Gasteiger charge is -2.20. The minimum Gasteiger partial charge on any atom is -0.444 e. The number of carbonyl (C=O) groups is 2. The van der Waals surface area contributed by atoms with Crippen molar-refractivity contribution in [2.75, 3.05) is 6.54 Å². The number of halogens is 2. The number of nitrogens with one attached hydrogen (secondary N) is 1. The van der Waals surface area contributed by atoms with Crippen LogP contribution < -0.4 is 10.1 Å². The lowest BCUT2D eigenvalue weighted by atomic mass is 10.0. The number of amides is 1. The minimum absolute atomic E-state index is 0.0540. The second kappa shape index (κ2) is 8.45. The molecule has 1 aromatic carbocycles. The van der Waals surface area contributed by atoms with Crippen LogP contribution in [-0.4, -0.2) is 31.1 Å². The Kier molecular flexibility index (Phi) is 6.93. The number of ether oxygens (including phenoxy) is 2. The molecule has 0 saturated carbocycles. The Balaban J connectivity index is 2.50. The molecular formula is C16H21F2NO4. The van der Waals surface area contributed by atoms with Gasteiger partial charge >= 0.3 is 12.7 Å². The Morgan fingerprint density at radius 2 is 1.87 bits per heavy atom. The molecule has 0 aliphatic carbocycles. The first-order valence-corrected chi connectivity index (χ1v) is 7.15. The van der Waals surface area contributed by atoms with Crippen molar-refractivity contribution in [3.8, 4) is 5.75 Å². The third-order valence-corrected chi connectivity index (χ3v) is 2.75. The maximum absolute atomic E-state index is 12.1. The van der Waals surface area contributed by atoms with Gasteiger partial charge in [0.1, 0.15) is 17.6 Å². The van der Waals surface area contributed by atoms with Gasteiger partial charge in [0.15, 0.2) is 0 Å². The molecule has 5 nitrogen and oxygen atoms in total. The molecule has 0 saturated heterocycles. The highest BCUT2D eigenvalue weighted by Crippen LogP contribution is 2.16. The summed E-state index contributed by atoms with van der Waals surface area (Å²) < 4.78 is 33.4. The van der Waals surface area contributed by atoms with Crippen LogP contribution in [0.1, 0.15) is 26.3 Å². The lowest BCUT2D eigenvalue weighted by molar-refractivity contribution is -0.110. The van der Waals surface area contributed by atoms with E-state index in [0.717, 1.165) is 11.8 Å². The molecular weight excluding hydrogens is 308 g/mol. The van der Waals surface area contributed by atoms with Crippen molar-refractivity contribution in [1.29, 1.82) is 0 Å². The average Bonchev–Trinajstić information content (AvgIpc) is 2.42. The van der Waals surface area contributed by atoms with Gasteiger partial charge in [0.2, 0.25) is 0 Å². The second-order valence-corrected chi connectivity index (χ2v) is 6.01. The first-order valence-electron chi connectivity index (χ1n) is 7.15. The molecule has 128 valence electrons. The van der Waals surface area contributed by atoms with Crippen LogP contribution in [0, 0.1) is 5.92 Å². The van der Waals surface area contributed by atoms with Crippen LogP contribution in [0.5, 0.6) is 5.75 Å². The summed E-state index contributed by atoms with van der Waals surface area (Å²) in [5, 5.41) is 2.53. The van der Waals surface area contributed by atoms with E-state index in [0.29, 0.717) is 6.42 Å². The van der Waals surface area contributed by atoms with E-state index in [2.05, 4.69) is 10.1 Å². The van der Waals surface area contributed by atoms with Crippen LogP contribution in [0.3, 0.4) is 0 Å². The number of hydrogen-bond acceptors (Lipinski definition) is 4. The van der Waals surface area contributed by atoms with Crippen molar-refractivity contribution in [3.63, 3.8) is 0 Å². The molecule has 0 aliphatic rings. The fourth-order valence-corrected chi connectivity index (χ4v) is 1.81. The highest BCUT2D eigenvalue weighted by atomic mass is 19.3. The van der Waals surface area contributed by atoms with E-state index in [9.17, 15) is 18.4 Å². The van der Waals surface area contributed by atoms with Gasteiger partial charge in [0, 0.05) is 12.5 Å². The first kappa shape index (κ1) is 18.9. The van der Waals surface area contributed by atoms with Gasteiger partial charge in [-0.05, 0) is 44.9 Å². The maximum atomic E-state index is 12.1. The zero-order valence-electron chi connectivity index (χ0n) is 13.3. The monoisotopic (exact) mass is 329 g/mol. The van der Waals surface area contributed by atoms with Crippen molar-refractivity contribution in [2.24, 2.45) is 5.92 Å². The third kappa shape index (κ3) is 8.13. The average molecular weight is 329 g/mol. The Morgan fingerprint density at radius 1 is 1.26 bits per heavy atom. The predicted octanol–water partition coefficient (Wildman–Crippen LogP) is 3.17. The number of rotatable bonds is 7. The molecule has 0 unspecified atom stereocenters. The Morgan fingerprint density at radius 3 is 2.35 bits per heavy atom. The van der Waals surface area contributed by atoms with Gasteiger partial charge in [0.25, 0.3) is 0 Å². The Hall–Kier alpha value is -2.18. The van der Waals surface area contributed by atoms with Gasteiger partial charge in [-0.1, -0.05) is 12.1 Å². The molecule has 0 aromatic heterocycles. The molecule has 7 heteroatoms. The standard InChI is InChI=1S/C16H21F2NO4/c1-16(2,3)23-15(21)19-9-12(10-20)8-11-4-6-13(7-5-11)22-14(17)18/h4-7,10,12,14H,8-9H2,1-3H3,(H,19,21)/t12-/m0/s1. The Bertz CT molecular complexity index is 512. The molecule has 1 aromatic rings. The van der Waals surface area contributed by atoms with Gasteiger partial charge < -0.3 is 19.6 Å². The molecule has 0 radical (unpaired) electrons.